The van der Waals surface area contributed by atoms with E-state index in [2.05, 4.69) is 18.2 Å². The van der Waals surface area contributed by atoms with E-state index in [0.717, 1.165) is 38.1 Å². The monoisotopic (exact) mass is 245 g/mol. The molecule has 1 amide bonds. The summed E-state index contributed by atoms with van der Waals surface area (Å²) in [5.74, 6) is 0.318. The van der Waals surface area contributed by atoms with Crippen LogP contribution in [0.25, 0.3) is 0 Å². The molecule has 2 aliphatic rings. The van der Waals surface area contributed by atoms with Gasteiger partial charge in [-0.2, -0.15) is 0 Å². The van der Waals surface area contributed by atoms with Crippen molar-refractivity contribution in [2.45, 2.75) is 25.7 Å². The number of anilines is 1. The van der Waals surface area contributed by atoms with Crippen LogP contribution in [-0.4, -0.2) is 25.7 Å². The summed E-state index contributed by atoms with van der Waals surface area (Å²) in [4.78, 5) is 14.5. The van der Waals surface area contributed by atoms with E-state index < -0.39 is 0 Å². The summed E-state index contributed by atoms with van der Waals surface area (Å²) in [6.07, 6.45) is 4.22. The van der Waals surface area contributed by atoms with Crippen LogP contribution < -0.4 is 4.90 Å². The zero-order valence-corrected chi connectivity index (χ0v) is 10.6. The van der Waals surface area contributed by atoms with Gasteiger partial charge >= 0.3 is 0 Å². The number of fused-ring (bicyclic) bond motifs is 1. The maximum absolute atomic E-state index is 12.6. The molecule has 2 aliphatic heterocycles. The van der Waals surface area contributed by atoms with Gasteiger partial charge in [0.05, 0.1) is 12.5 Å². The van der Waals surface area contributed by atoms with Gasteiger partial charge in [0.1, 0.15) is 0 Å². The highest BCUT2D eigenvalue weighted by atomic mass is 16.5. The summed E-state index contributed by atoms with van der Waals surface area (Å²) in [7, 11) is 0. The minimum Gasteiger partial charge on any atom is -0.381 e. The predicted octanol–water partition coefficient (Wildman–Crippen LogP) is 2.39. The Kier molecular flexibility index (Phi) is 3.33. The van der Waals surface area contributed by atoms with E-state index in [9.17, 15) is 4.79 Å². The molecule has 1 atom stereocenters. The first-order chi connectivity index (χ1) is 8.86. The molecule has 1 aromatic carbocycles. The number of aryl methyl sites for hydroxylation is 1. The minimum absolute atomic E-state index is 0.0659. The molecule has 0 saturated carbocycles. The standard InChI is InChI=1S/C15H19NO2/c17-15(13-8-10-18-11-13)16-9-4-3-6-12-5-1-2-7-14(12)16/h1-2,5,7,13H,3-4,6,8-11H2. The van der Waals surface area contributed by atoms with Crippen molar-refractivity contribution in [1.29, 1.82) is 0 Å². The van der Waals surface area contributed by atoms with Gasteiger partial charge in [-0.15, -0.1) is 0 Å². The first-order valence-corrected chi connectivity index (χ1v) is 6.83. The lowest BCUT2D eigenvalue weighted by molar-refractivity contribution is -0.122. The number of carbonyl (C=O) groups excluding carboxylic acids is 1. The number of ether oxygens (including phenoxy) is 1. The van der Waals surface area contributed by atoms with Gasteiger partial charge in [-0.05, 0) is 37.3 Å². The molecular weight excluding hydrogens is 226 g/mol. The van der Waals surface area contributed by atoms with E-state index >= 15 is 0 Å². The Balaban J connectivity index is 1.88. The molecule has 3 rings (SSSR count). The molecule has 0 spiro atoms. The van der Waals surface area contributed by atoms with Gasteiger partial charge in [0.2, 0.25) is 5.91 Å². The van der Waals surface area contributed by atoms with Crippen molar-refractivity contribution in [1.82, 2.24) is 0 Å². The number of hydrogen-bond acceptors (Lipinski definition) is 2. The molecule has 0 radical (unpaired) electrons. The van der Waals surface area contributed by atoms with Gasteiger partial charge in [-0.25, -0.2) is 0 Å². The van der Waals surface area contributed by atoms with Crippen molar-refractivity contribution >= 4 is 11.6 Å². The average Bonchev–Trinajstić information content (AvgIpc) is 2.85. The first kappa shape index (κ1) is 11.7. The van der Waals surface area contributed by atoms with E-state index in [-0.39, 0.29) is 11.8 Å². The number of carbonyl (C=O) groups is 1. The van der Waals surface area contributed by atoms with Crippen LogP contribution in [0, 0.1) is 5.92 Å². The third kappa shape index (κ3) is 2.15. The molecule has 1 saturated heterocycles. The van der Waals surface area contributed by atoms with Crippen LogP contribution >= 0.6 is 0 Å². The maximum atomic E-state index is 12.6. The Morgan fingerprint density at radius 2 is 2.17 bits per heavy atom. The number of para-hydroxylation sites is 1. The molecule has 18 heavy (non-hydrogen) atoms. The quantitative estimate of drug-likeness (QED) is 0.760. The Hall–Kier alpha value is -1.35. The largest absolute Gasteiger partial charge is 0.381 e. The van der Waals surface area contributed by atoms with Crippen molar-refractivity contribution in [3.63, 3.8) is 0 Å². The summed E-state index contributed by atoms with van der Waals surface area (Å²) in [6.45, 7) is 2.18. The van der Waals surface area contributed by atoms with E-state index in [1.165, 1.54) is 12.0 Å². The number of rotatable bonds is 1. The first-order valence-electron chi connectivity index (χ1n) is 6.83. The summed E-state index contributed by atoms with van der Waals surface area (Å²) >= 11 is 0. The highest BCUT2D eigenvalue weighted by Gasteiger charge is 2.30. The Morgan fingerprint density at radius 3 is 3.00 bits per heavy atom. The van der Waals surface area contributed by atoms with Crippen LogP contribution in [0.1, 0.15) is 24.8 Å². The number of amides is 1. The highest BCUT2D eigenvalue weighted by molar-refractivity contribution is 5.96. The van der Waals surface area contributed by atoms with Crippen LogP contribution in [0.3, 0.4) is 0 Å². The molecular formula is C15H19NO2. The zero-order chi connectivity index (χ0) is 12.4. The van der Waals surface area contributed by atoms with Crippen molar-refractivity contribution in [2.24, 2.45) is 5.92 Å². The molecule has 0 aliphatic carbocycles. The van der Waals surface area contributed by atoms with E-state index in [0.29, 0.717) is 6.61 Å². The van der Waals surface area contributed by atoms with Crippen molar-refractivity contribution in [2.75, 3.05) is 24.7 Å². The van der Waals surface area contributed by atoms with E-state index in [1.807, 2.05) is 11.0 Å². The summed E-state index contributed by atoms with van der Waals surface area (Å²) in [5.41, 5.74) is 2.43. The topological polar surface area (TPSA) is 29.5 Å². The predicted molar refractivity (Wildman–Crippen MR) is 70.7 cm³/mol. The molecule has 1 unspecified atom stereocenters. The van der Waals surface area contributed by atoms with Gasteiger partial charge in [0, 0.05) is 18.8 Å². The van der Waals surface area contributed by atoms with Gasteiger partial charge in [0.15, 0.2) is 0 Å². The normalized spacial score (nSPS) is 23.6. The lowest BCUT2D eigenvalue weighted by Gasteiger charge is -2.25. The van der Waals surface area contributed by atoms with Gasteiger partial charge in [0.25, 0.3) is 0 Å². The molecule has 1 aromatic rings. The molecule has 0 bridgehead atoms. The van der Waals surface area contributed by atoms with E-state index in [4.69, 9.17) is 4.74 Å². The van der Waals surface area contributed by atoms with E-state index in [1.54, 1.807) is 0 Å². The maximum Gasteiger partial charge on any atom is 0.232 e. The summed E-state index contributed by atoms with van der Waals surface area (Å²) < 4.78 is 5.34. The Bertz CT molecular complexity index is 438. The minimum atomic E-state index is 0.0659. The van der Waals surface area contributed by atoms with Crippen LogP contribution in [0.5, 0.6) is 0 Å². The number of benzene rings is 1. The zero-order valence-electron chi connectivity index (χ0n) is 10.6. The van der Waals surface area contributed by atoms with Gasteiger partial charge in [-0.1, -0.05) is 18.2 Å². The van der Waals surface area contributed by atoms with Crippen molar-refractivity contribution < 1.29 is 9.53 Å². The SMILES string of the molecule is O=C(C1CCOC1)N1CCCCc2ccccc21. The average molecular weight is 245 g/mol. The Labute approximate surface area is 108 Å². The lowest BCUT2D eigenvalue weighted by Crippen LogP contribution is -2.37. The third-order valence-electron chi connectivity index (χ3n) is 3.91. The Morgan fingerprint density at radius 1 is 1.28 bits per heavy atom. The smallest absolute Gasteiger partial charge is 0.232 e. The van der Waals surface area contributed by atoms with Crippen LogP contribution in [0.4, 0.5) is 5.69 Å². The third-order valence-corrected chi connectivity index (χ3v) is 3.91. The molecule has 1 fully saturated rings. The fourth-order valence-electron chi connectivity index (χ4n) is 2.87. The number of hydrogen-bond donors (Lipinski definition) is 0. The fraction of sp³-hybridized carbons (Fsp3) is 0.533. The molecule has 3 heteroatoms. The molecule has 0 N–H and O–H groups in total. The highest BCUT2D eigenvalue weighted by Crippen LogP contribution is 2.28. The summed E-state index contributed by atoms with van der Waals surface area (Å²) in [5, 5.41) is 0. The second kappa shape index (κ2) is 5.11. The summed E-state index contributed by atoms with van der Waals surface area (Å²) in [6, 6.07) is 8.31. The fourth-order valence-corrected chi connectivity index (χ4v) is 2.87. The number of nitrogens with zero attached hydrogens (tertiary/aromatic N) is 1. The van der Waals surface area contributed by atoms with Crippen molar-refractivity contribution in [3.8, 4) is 0 Å². The van der Waals surface area contributed by atoms with Crippen LogP contribution in [0.2, 0.25) is 0 Å². The van der Waals surface area contributed by atoms with Crippen LogP contribution in [0.15, 0.2) is 24.3 Å². The molecule has 0 aromatic heterocycles. The van der Waals surface area contributed by atoms with Crippen molar-refractivity contribution in [3.05, 3.63) is 29.8 Å². The van der Waals surface area contributed by atoms with Gasteiger partial charge in [-0.3, -0.25) is 4.79 Å². The lowest BCUT2D eigenvalue weighted by atomic mass is 10.1. The second-order valence-electron chi connectivity index (χ2n) is 5.14. The molecule has 96 valence electrons. The van der Waals surface area contributed by atoms with Gasteiger partial charge < -0.3 is 9.64 Å². The second-order valence-corrected chi connectivity index (χ2v) is 5.14. The van der Waals surface area contributed by atoms with Crippen LogP contribution in [-0.2, 0) is 16.0 Å². The molecule has 2 heterocycles. The molecule has 3 nitrogen and oxygen atoms in total.